The second-order valence-corrected chi connectivity index (χ2v) is 4.19. The Balaban J connectivity index is 1.96. The third-order valence-electron chi connectivity index (χ3n) is 2.88. The van der Waals surface area contributed by atoms with Crippen LogP contribution in [0.2, 0.25) is 0 Å². The highest BCUT2D eigenvalue weighted by atomic mass is 16.3. The normalized spacial score (nSPS) is 16.1. The summed E-state index contributed by atoms with van der Waals surface area (Å²) in [6, 6.07) is 3.99. The largest absolute Gasteiger partial charge is 0.465 e. The standard InChI is InChI=1S/C13H18N2O2/c1-2-7-15(11-9-14-10-11)13(16)6-5-12-4-3-8-17-12/h3-6,8,11,14H,2,7,9-10H2,1H3. The molecule has 4 nitrogen and oxygen atoms in total. The Morgan fingerprint density at radius 1 is 1.65 bits per heavy atom. The molecule has 0 radical (unpaired) electrons. The van der Waals surface area contributed by atoms with Crippen molar-refractivity contribution < 1.29 is 9.21 Å². The van der Waals surface area contributed by atoms with Gasteiger partial charge >= 0.3 is 0 Å². The van der Waals surface area contributed by atoms with Crippen LogP contribution in [-0.2, 0) is 4.79 Å². The summed E-state index contributed by atoms with van der Waals surface area (Å²) in [6.45, 7) is 4.71. The molecule has 0 unspecified atom stereocenters. The summed E-state index contributed by atoms with van der Waals surface area (Å²) in [5, 5.41) is 3.19. The number of carbonyl (C=O) groups excluding carboxylic acids is 1. The molecule has 1 amide bonds. The minimum absolute atomic E-state index is 0.0646. The van der Waals surface area contributed by atoms with Crippen molar-refractivity contribution in [3.8, 4) is 0 Å². The van der Waals surface area contributed by atoms with Crippen molar-refractivity contribution in [2.45, 2.75) is 19.4 Å². The molecule has 92 valence electrons. The van der Waals surface area contributed by atoms with Crippen LogP contribution in [0.4, 0.5) is 0 Å². The lowest BCUT2D eigenvalue weighted by atomic mass is 10.1. The van der Waals surface area contributed by atoms with Gasteiger partial charge in [-0.2, -0.15) is 0 Å². The summed E-state index contributed by atoms with van der Waals surface area (Å²) < 4.78 is 5.15. The maximum atomic E-state index is 12.0. The quantitative estimate of drug-likeness (QED) is 0.785. The zero-order valence-electron chi connectivity index (χ0n) is 10.1. The van der Waals surface area contributed by atoms with E-state index in [0.29, 0.717) is 11.8 Å². The number of rotatable bonds is 5. The van der Waals surface area contributed by atoms with Crippen LogP contribution < -0.4 is 5.32 Å². The van der Waals surface area contributed by atoms with Crippen molar-refractivity contribution in [1.29, 1.82) is 0 Å². The predicted molar refractivity (Wildman–Crippen MR) is 66.4 cm³/mol. The van der Waals surface area contributed by atoms with Gasteiger partial charge in [0, 0.05) is 25.7 Å². The number of hydrogen-bond acceptors (Lipinski definition) is 3. The number of nitrogens with one attached hydrogen (secondary N) is 1. The molecule has 1 aromatic rings. The maximum Gasteiger partial charge on any atom is 0.247 e. The van der Waals surface area contributed by atoms with E-state index in [4.69, 9.17) is 4.42 Å². The smallest absolute Gasteiger partial charge is 0.247 e. The number of amides is 1. The van der Waals surface area contributed by atoms with Crippen LogP contribution in [0.1, 0.15) is 19.1 Å². The first-order chi connectivity index (χ1) is 8.31. The molecule has 4 heteroatoms. The topological polar surface area (TPSA) is 45.5 Å². The fourth-order valence-electron chi connectivity index (χ4n) is 1.84. The average Bonchev–Trinajstić information content (AvgIpc) is 2.75. The number of nitrogens with zero attached hydrogens (tertiary/aromatic N) is 1. The Hall–Kier alpha value is -1.55. The highest BCUT2D eigenvalue weighted by Gasteiger charge is 2.26. The van der Waals surface area contributed by atoms with Crippen LogP contribution in [0.5, 0.6) is 0 Å². The van der Waals surface area contributed by atoms with Crippen LogP contribution >= 0.6 is 0 Å². The molecule has 0 spiro atoms. The first kappa shape index (κ1) is 11.9. The molecule has 1 aromatic heterocycles. The number of furan rings is 1. The lowest BCUT2D eigenvalue weighted by Gasteiger charge is -2.37. The monoisotopic (exact) mass is 234 g/mol. The lowest BCUT2D eigenvalue weighted by molar-refractivity contribution is -0.129. The van der Waals surface area contributed by atoms with E-state index in [0.717, 1.165) is 26.1 Å². The van der Waals surface area contributed by atoms with Gasteiger partial charge in [0.2, 0.25) is 5.91 Å². The molecule has 0 aliphatic carbocycles. The van der Waals surface area contributed by atoms with Crippen LogP contribution in [0.25, 0.3) is 6.08 Å². The first-order valence-electron chi connectivity index (χ1n) is 6.04. The van der Waals surface area contributed by atoms with Crippen molar-refractivity contribution in [2.24, 2.45) is 0 Å². The van der Waals surface area contributed by atoms with Gasteiger partial charge in [0.15, 0.2) is 0 Å². The lowest BCUT2D eigenvalue weighted by Crippen LogP contribution is -2.58. The molecule has 2 rings (SSSR count). The van der Waals surface area contributed by atoms with E-state index in [2.05, 4.69) is 12.2 Å². The van der Waals surface area contributed by atoms with Gasteiger partial charge in [-0.25, -0.2) is 0 Å². The van der Waals surface area contributed by atoms with E-state index in [1.165, 1.54) is 0 Å². The molecule has 0 atom stereocenters. The number of carbonyl (C=O) groups is 1. The summed E-state index contributed by atoms with van der Waals surface area (Å²) >= 11 is 0. The molecular weight excluding hydrogens is 216 g/mol. The van der Waals surface area contributed by atoms with Gasteiger partial charge in [-0.15, -0.1) is 0 Å². The Morgan fingerprint density at radius 3 is 3.00 bits per heavy atom. The van der Waals surface area contributed by atoms with Crippen molar-refractivity contribution in [3.63, 3.8) is 0 Å². The highest BCUT2D eigenvalue weighted by Crippen LogP contribution is 2.09. The second kappa shape index (κ2) is 5.68. The molecule has 2 heterocycles. The zero-order valence-corrected chi connectivity index (χ0v) is 10.1. The maximum absolute atomic E-state index is 12.0. The Labute approximate surface area is 101 Å². The van der Waals surface area contributed by atoms with Crippen LogP contribution in [0, 0.1) is 0 Å². The van der Waals surface area contributed by atoms with E-state index < -0.39 is 0 Å². The summed E-state index contributed by atoms with van der Waals surface area (Å²) in [5.74, 6) is 0.774. The molecule has 0 aromatic carbocycles. The summed E-state index contributed by atoms with van der Waals surface area (Å²) in [4.78, 5) is 14.0. The fourth-order valence-corrected chi connectivity index (χ4v) is 1.84. The molecular formula is C13H18N2O2. The van der Waals surface area contributed by atoms with Crippen LogP contribution in [-0.4, -0.2) is 36.5 Å². The summed E-state index contributed by atoms with van der Waals surface area (Å²) in [6.07, 6.45) is 5.89. The second-order valence-electron chi connectivity index (χ2n) is 4.19. The molecule has 0 saturated carbocycles. The van der Waals surface area contributed by atoms with E-state index >= 15 is 0 Å². The number of hydrogen-bond donors (Lipinski definition) is 1. The Kier molecular flexibility index (Phi) is 3.98. The van der Waals surface area contributed by atoms with Gasteiger partial charge in [0.05, 0.1) is 12.3 Å². The van der Waals surface area contributed by atoms with E-state index in [-0.39, 0.29) is 5.91 Å². The van der Waals surface area contributed by atoms with Crippen LogP contribution in [0.3, 0.4) is 0 Å². The summed E-state index contributed by atoms with van der Waals surface area (Å²) in [7, 11) is 0. The molecule has 1 fully saturated rings. The minimum atomic E-state index is 0.0646. The molecule has 1 N–H and O–H groups in total. The van der Waals surface area contributed by atoms with Gasteiger partial charge in [-0.1, -0.05) is 6.92 Å². The van der Waals surface area contributed by atoms with E-state index in [9.17, 15) is 4.79 Å². The average molecular weight is 234 g/mol. The Morgan fingerprint density at radius 2 is 2.47 bits per heavy atom. The molecule has 0 bridgehead atoms. The zero-order chi connectivity index (χ0) is 12.1. The third-order valence-corrected chi connectivity index (χ3v) is 2.88. The van der Waals surface area contributed by atoms with Gasteiger partial charge in [0.1, 0.15) is 5.76 Å². The van der Waals surface area contributed by atoms with Gasteiger partial charge < -0.3 is 14.6 Å². The molecule has 1 aliphatic rings. The molecule has 17 heavy (non-hydrogen) atoms. The van der Waals surface area contributed by atoms with E-state index in [1.807, 2.05) is 17.0 Å². The third kappa shape index (κ3) is 2.97. The fraction of sp³-hybridized carbons (Fsp3) is 0.462. The Bertz CT molecular complexity index is 380. The van der Waals surface area contributed by atoms with Crippen molar-refractivity contribution in [3.05, 3.63) is 30.2 Å². The highest BCUT2D eigenvalue weighted by molar-refractivity contribution is 5.91. The van der Waals surface area contributed by atoms with Crippen LogP contribution in [0.15, 0.2) is 28.9 Å². The van der Waals surface area contributed by atoms with E-state index in [1.54, 1.807) is 18.4 Å². The first-order valence-corrected chi connectivity index (χ1v) is 6.04. The molecule has 1 aliphatic heterocycles. The summed E-state index contributed by atoms with van der Waals surface area (Å²) in [5.41, 5.74) is 0. The SMILES string of the molecule is CCCN(C(=O)C=Cc1ccco1)C1CNC1. The molecule has 1 saturated heterocycles. The van der Waals surface area contributed by atoms with Gasteiger partial charge in [-0.05, 0) is 24.6 Å². The van der Waals surface area contributed by atoms with Gasteiger partial charge in [-0.3, -0.25) is 4.79 Å². The minimum Gasteiger partial charge on any atom is -0.465 e. The van der Waals surface area contributed by atoms with Crippen molar-refractivity contribution >= 4 is 12.0 Å². The van der Waals surface area contributed by atoms with Crippen molar-refractivity contribution in [2.75, 3.05) is 19.6 Å². The predicted octanol–water partition coefficient (Wildman–Crippen LogP) is 1.50. The van der Waals surface area contributed by atoms with Gasteiger partial charge in [0.25, 0.3) is 0 Å². The van der Waals surface area contributed by atoms with Crippen molar-refractivity contribution in [1.82, 2.24) is 10.2 Å².